The Kier molecular flexibility index (Phi) is 3.37. The molecule has 1 aromatic carbocycles. The third kappa shape index (κ3) is 2.20. The molecule has 1 atom stereocenters. The lowest BCUT2D eigenvalue weighted by Gasteiger charge is -2.40. The Morgan fingerprint density at radius 1 is 1.21 bits per heavy atom. The van der Waals surface area contributed by atoms with E-state index in [9.17, 15) is 0 Å². The predicted octanol–water partition coefficient (Wildman–Crippen LogP) is 3.78. The van der Waals surface area contributed by atoms with Crippen molar-refractivity contribution in [1.29, 1.82) is 0 Å². The number of hydrogen-bond acceptors (Lipinski definition) is 3. The maximum atomic E-state index is 6.64. The van der Waals surface area contributed by atoms with E-state index in [1.54, 1.807) is 11.3 Å². The molecule has 0 amide bonds. The van der Waals surface area contributed by atoms with Crippen molar-refractivity contribution in [3.8, 4) is 0 Å². The van der Waals surface area contributed by atoms with E-state index in [2.05, 4.69) is 48.4 Å². The highest BCUT2D eigenvalue weighted by Gasteiger charge is 2.36. The molecule has 0 spiro atoms. The minimum absolute atomic E-state index is 0.0226. The second kappa shape index (κ2) is 4.89. The van der Waals surface area contributed by atoms with Crippen LogP contribution in [0.4, 0.5) is 0 Å². The molecule has 0 saturated carbocycles. The van der Waals surface area contributed by atoms with Gasteiger partial charge in [-0.1, -0.05) is 18.2 Å². The van der Waals surface area contributed by atoms with Gasteiger partial charge in [0.2, 0.25) is 0 Å². The average molecular weight is 274 g/mol. The first-order valence-electron chi connectivity index (χ1n) is 7.07. The molecule has 0 radical (unpaired) electrons. The van der Waals surface area contributed by atoms with Crippen LogP contribution in [0.2, 0.25) is 0 Å². The molecule has 1 unspecified atom stereocenters. The summed E-state index contributed by atoms with van der Waals surface area (Å²) in [5.41, 5.74) is 7.96. The lowest BCUT2D eigenvalue weighted by Crippen LogP contribution is -2.49. The number of thiophene rings is 1. The monoisotopic (exact) mass is 274 g/mol. The Balaban J connectivity index is 1.98. The second-order valence-corrected chi connectivity index (χ2v) is 6.93. The van der Waals surface area contributed by atoms with Gasteiger partial charge in [0.1, 0.15) is 0 Å². The molecule has 1 aliphatic rings. The van der Waals surface area contributed by atoms with Crippen molar-refractivity contribution in [1.82, 2.24) is 4.90 Å². The molecule has 1 saturated heterocycles. The van der Waals surface area contributed by atoms with Crippen LogP contribution < -0.4 is 5.73 Å². The number of hydrogen-bond donors (Lipinski definition) is 1. The SMILES string of the molecule is CC(C)(C(N)c1cccc2ccsc12)N1CCCC1. The molecule has 1 aromatic heterocycles. The zero-order valence-electron chi connectivity index (χ0n) is 11.7. The van der Waals surface area contributed by atoms with Crippen LogP contribution in [0.25, 0.3) is 10.1 Å². The summed E-state index contributed by atoms with van der Waals surface area (Å²) in [6.07, 6.45) is 2.61. The predicted molar refractivity (Wildman–Crippen MR) is 83.6 cm³/mol. The van der Waals surface area contributed by atoms with Crippen LogP contribution >= 0.6 is 11.3 Å². The van der Waals surface area contributed by atoms with E-state index >= 15 is 0 Å². The van der Waals surface area contributed by atoms with Crippen LogP contribution in [0.5, 0.6) is 0 Å². The highest BCUT2D eigenvalue weighted by atomic mass is 32.1. The molecule has 2 nitrogen and oxygen atoms in total. The number of rotatable bonds is 3. The van der Waals surface area contributed by atoms with Gasteiger partial charge < -0.3 is 5.73 Å². The van der Waals surface area contributed by atoms with Crippen molar-refractivity contribution >= 4 is 21.4 Å². The van der Waals surface area contributed by atoms with Gasteiger partial charge in [-0.25, -0.2) is 0 Å². The van der Waals surface area contributed by atoms with E-state index in [0.29, 0.717) is 0 Å². The Bertz CT molecular complexity index is 567. The first-order chi connectivity index (χ1) is 9.10. The number of fused-ring (bicyclic) bond motifs is 1. The van der Waals surface area contributed by atoms with Gasteiger partial charge in [0.25, 0.3) is 0 Å². The molecular weight excluding hydrogens is 252 g/mol. The topological polar surface area (TPSA) is 29.3 Å². The summed E-state index contributed by atoms with van der Waals surface area (Å²) >= 11 is 1.80. The molecule has 3 heteroatoms. The Labute approximate surface area is 119 Å². The largest absolute Gasteiger partial charge is 0.322 e. The van der Waals surface area contributed by atoms with E-state index in [1.807, 2.05) is 0 Å². The standard InChI is InChI=1S/C16H22N2S/c1-16(2,18-9-3-4-10-18)15(17)13-7-5-6-12-8-11-19-14(12)13/h5-8,11,15H,3-4,9-10,17H2,1-2H3. The van der Waals surface area contributed by atoms with Crippen molar-refractivity contribution < 1.29 is 0 Å². The summed E-state index contributed by atoms with van der Waals surface area (Å²) in [5, 5.41) is 3.47. The van der Waals surface area contributed by atoms with Crippen LogP contribution in [-0.4, -0.2) is 23.5 Å². The first-order valence-corrected chi connectivity index (χ1v) is 7.95. The Morgan fingerprint density at radius 3 is 2.68 bits per heavy atom. The van der Waals surface area contributed by atoms with Crippen molar-refractivity contribution in [2.24, 2.45) is 5.73 Å². The molecule has 2 heterocycles. The molecule has 2 aromatic rings. The zero-order chi connectivity index (χ0) is 13.5. The van der Waals surface area contributed by atoms with Crippen LogP contribution in [0.3, 0.4) is 0 Å². The summed E-state index contributed by atoms with van der Waals surface area (Å²) in [6.45, 7) is 6.94. The lowest BCUT2D eigenvalue weighted by molar-refractivity contribution is 0.124. The van der Waals surface area contributed by atoms with Crippen LogP contribution in [0.1, 0.15) is 38.3 Å². The van der Waals surface area contributed by atoms with E-state index < -0.39 is 0 Å². The lowest BCUT2D eigenvalue weighted by atomic mass is 9.87. The van der Waals surface area contributed by atoms with E-state index in [1.165, 1.54) is 41.6 Å². The molecule has 0 aliphatic carbocycles. The first kappa shape index (κ1) is 13.1. The fourth-order valence-corrected chi connectivity index (χ4v) is 4.09. The molecule has 19 heavy (non-hydrogen) atoms. The van der Waals surface area contributed by atoms with Gasteiger partial charge in [0, 0.05) is 16.3 Å². The number of likely N-dealkylation sites (tertiary alicyclic amines) is 1. The normalized spacial score (nSPS) is 19.1. The fraction of sp³-hybridized carbons (Fsp3) is 0.500. The zero-order valence-corrected chi connectivity index (χ0v) is 12.5. The highest BCUT2D eigenvalue weighted by Crippen LogP contribution is 2.36. The van der Waals surface area contributed by atoms with E-state index in [-0.39, 0.29) is 11.6 Å². The highest BCUT2D eigenvalue weighted by molar-refractivity contribution is 7.17. The Morgan fingerprint density at radius 2 is 1.95 bits per heavy atom. The van der Waals surface area contributed by atoms with Gasteiger partial charge in [-0.05, 0) is 62.2 Å². The number of nitrogens with two attached hydrogens (primary N) is 1. The van der Waals surface area contributed by atoms with Crippen LogP contribution in [-0.2, 0) is 0 Å². The van der Waals surface area contributed by atoms with Crippen molar-refractivity contribution in [3.05, 3.63) is 35.2 Å². The maximum Gasteiger partial charge on any atom is 0.0491 e. The van der Waals surface area contributed by atoms with Crippen LogP contribution in [0, 0.1) is 0 Å². The average Bonchev–Trinajstić information content (AvgIpc) is 3.07. The van der Waals surface area contributed by atoms with E-state index in [4.69, 9.17) is 5.73 Å². The van der Waals surface area contributed by atoms with Crippen LogP contribution in [0.15, 0.2) is 29.6 Å². The summed E-state index contributed by atoms with van der Waals surface area (Å²) in [5.74, 6) is 0. The minimum Gasteiger partial charge on any atom is -0.322 e. The third-order valence-corrected chi connectivity index (χ3v) is 5.51. The van der Waals surface area contributed by atoms with Gasteiger partial charge >= 0.3 is 0 Å². The smallest absolute Gasteiger partial charge is 0.0491 e. The number of nitrogens with zero attached hydrogens (tertiary/aromatic N) is 1. The van der Waals surface area contributed by atoms with Crippen molar-refractivity contribution in [2.45, 2.75) is 38.3 Å². The maximum absolute atomic E-state index is 6.64. The quantitative estimate of drug-likeness (QED) is 0.923. The molecule has 1 aliphatic heterocycles. The van der Waals surface area contributed by atoms with Crippen molar-refractivity contribution in [2.75, 3.05) is 13.1 Å². The van der Waals surface area contributed by atoms with Gasteiger partial charge in [-0.2, -0.15) is 0 Å². The summed E-state index contributed by atoms with van der Waals surface area (Å²) in [7, 11) is 0. The molecule has 102 valence electrons. The molecule has 1 fully saturated rings. The fourth-order valence-electron chi connectivity index (χ4n) is 3.13. The summed E-state index contributed by atoms with van der Waals surface area (Å²) in [4.78, 5) is 2.55. The number of benzene rings is 1. The van der Waals surface area contributed by atoms with Gasteiger partial charge in [-0.3, -0.25) is 4.90 Å². The summed E-state index contributed by atoms with van der Waals surface area (Å²) < 4.78 is 1.35. The third-order valence-electron chi connectivity index (χ3n) is 4.53. The Hall–Kier alpha value is -0.900. The van der Waals surface area contributed by atoms with E-state index in [0.717, 1.165) is 0 Å². The second-order valence-electron chi connectivity index (χ2n) is 6.01. The van der Waals surface area contributed by atoms with Gasteiger partial charge in [-0.15, -0.1) is 11.3 Å². The van der Waals surface area contributed by atoms with Crippen molar-refractivity contribution in [3.63, 3.8) is 0 Å². The molecule has 3 rings (SSSR count). The van der Waals surface area contributed by atoms with Gasteiger partial charge in [0.05, 0.1) is 0 Å². The molecule has 2 N–H and O–H groups in total. The van der Waals surface area contributed by atoms with Gasteiger partial charge in [0.15, 0.2) is 0 Å². The molecule has 0 bridgehead atoms. The molecular formula is C16H22N2S. The minimum atomic E-state index is 0.0226. The summed E-state index contributed by atoms with van der Waals surface area (Å²) in [6, 6.07) is 8.74.